The summed E-state index contributed by atoms with van der Waals surface area (Å²) >= 11 is 0. The predicted molar refractivity (Wildman–Crippen MR) is 55.3 cm³/mol. The number of nitriles is 1. The molecule has 0 fully saturated rings. The molecule has 1 rings (SSSR count). The fourth-order valence-corrected chi connectivity index (χ4v) is 2.61. The van der Waals surface area contributed by atoms with Crippen LogP contribution in [-0.4, -0.2) is 29.3 Å². The van der Waals surface area contributed by atoms with Crippen molar-refractivity contribution >= 4 is 16.0 Å². The number of nitrogens with zero attached hydrogens (tertiary/aromatic N) is 3. The van der Waals surface area contributed by atoms with E-state index in [0.29, 0.717) is 0 Å². The van der Waals surface area contributed by atoms with Crippen molar-refractivity contribution in [3.63, 3.8) is 0 Å². The molecule has 1 aromatic heterocycles. The van der Waals surface area contributed by atoms with Crippen molar-refractivity contribution in [1.82, 2.24) is 14.5 Å². The quantitative estimate of drug-likeness (QED) is 0.545. The van der Waals surface area contributed by atoms with Gasteiger partial charge in [-0.3, -0.25) is 9.48 Å². The Labute approximate surface area is 97.5 Å². The Hall–Kier alpha value is -2.08. The maximum atomic E-state index is 11.6. The third kappa shape index (κ3) is 2.54. The van der Waals surface area contributed by atoms with Gasteiger partial charge in [0.25, 0.3) is 10.0 Å². The number of carboxylic acid groups (broad SMARTS) is 1. The highest BCUT2D eigenvalue weighted by atomic mass is 32.2. The Morgan fingerprint density at radius 3 is 2.65 bits per heavy atom. The van der Waals surface area contributed by atoms with Gasteiger partial charge < -0.3 is 5.11 Å². The zero-order valence-corrected chi connectivity index (χ0v) is 9.95. The largest absolute Gasteiger partial charge is 0.480 e. The molecular formula is C8H10N4O4S. The van der Waals surface area contributed by atoms with E-state index in [1.54, 1.807) is 4.72 Å². The van der Waals surface area contributed by atoms with Crippen LogP contribution < -0.4 is 4.72 Å². The Kier molecular flexibility index (Phi) is 3.38. The second-order valence-corrected chi connectivity index (χ2v) is 4.89. The first-order valence-corrected chi connectivity index (χ1v) is 5.94. The predicted octanol–water partition coefficient (Wildman–Crippen LogP) is -0.656. The summed E-state index contributed by atoms with van der Waals surface area (Å²) in [5, 5.41) is 20.8. The van der Waals surface area contributed by atoms with Crippen molar-refractivity contribution in [3.8, 4) is 6.19 Å². The zero-order valence-electron chi connectivity index (χ0n) is 9.13. The van der Waals surface area contributed by atoms with E-state index in [-0.39, 0.29) is 16.3 Å². The molecule has 17 heavy (non-hydrogen) atoms. The minimum Gasteiger partial charge on any atom is -0.480 e. The first-order valence-electron chi connectivity index (χ1n) is 4.46. The topological polar surface area (TPSA) is 125 Å². The monoisotopic (exact) mass is 258 g/mol. The molecule has 1 aromatic rings. The minimum atomic E-state index is -3.97. The van der Waals surface area contributed by atoms with E-state index in [1.807, 2.05) is 0 Å². The van der Waals surface area contributed by atoms with Gasteiger partial charge in [0, 0.05) is 0 Å². The standard InChI is InChI=1S/C8H10N4O4S/c1-5-8(17(15,16)10-4-9)6(2)12(11-5)3-7(13)14/h10H,3H2,1-2H3,(H,13,14). The maximum Gasteiger partial charge on any atom is 0.325 e. The number of hydrogen-bond donors (Lipinski definition) is 2. The average Bonchev–Trinajstić information content (AvgIpc) is 2.40. The number of nitrogens with one attached hydrogen (secondary N) is 1. The number of rotatable bonds is 4. The Balaban J connectivity index is 3.33. The van der Waals surface area contributed by atoms with Crippen LogP contribution in [0.25, 0.3) is 0 Å². The van der Waals surface area contributed by atoms with Crippen molar-refractivity contribution in [2.24, 2.45) is 0 Å². The zero-order chi connectivity index (χ0) is 13.2. The third-order valence-electron chi connectivity index (χ3n) is 2.05. The summed E-state index contributed by atoms with van der Waals surface area (Å²) in [4.78, 5) is 10.4. The molecule has 0 radical (unpaired) electrons. The highest BCUT2D eigenvalue weighted by Crippen LogP contribution is 2.18. The van der Waals surface area contributed by atoms with E-state index in [9.17, 15) is 13.2 Å². The summed E-state index contributed by atoms with van der Waals surface area (Å²) in [6.45, 7) is 2.42. The summed E-state index contributed by atoms with van der Waals surface area (Å²) < 4.78 is 26.0. The number of carbonyl (C=O) groups is 1. The molecule has 0 saturated heterocycles. The van der Waals surface area contributed by atoms with Gasteiger partial charge in [0.05, 0.1) is 11.4 Å². The first-order chi connectivity index (χ1) is 7.79. The van der Waals surface area contributed by atoms with Crippen LogP contribution in [0.3, 0.4) is 0 Å². The summed E-state index contributed by atoms with van der Waals surface area (Å²) in [6, 6.07) is 0. The first kappa shape index (κ1) is 13.0. The number of carboxylic acids is 1. The molecule has 0 saturated carbocycles. The number of sulfonamides is 1. The van der Waals surface area contributed by atoms with E-state index in [4.69, 9.17) is 10.4 Å². The molecule has 0 aliphatic carbocycles. The Morgan fingerprint density at radius 2 is 2.18 bits per heavy atom. The van der Waals surface area contributed by atoms with E-state index < -0.39 is 22.5 Å². The van der Waals surface area contributed by atoms with Crippen molar-refractivity contribution in [2.45, 2.75) is 25.3 Å². The lowest BCUT2D eigenvalue weighted by Crippen LogP contribution is -2.20. The summed E-state index contributed by atoms with van der Waals surface area (Å²) in [7, 11) is -3.97. The van der Waals surface area contributed by atoms with Gasteiger partial charge in [-0.15, -0.1) is 0 Å². The molecule has 92 valence electrons. The van der Waals surface area contributed by atoms with Crippen LogP contribution in [0.1, 0.15) is 11.4 Å². The average molecular weight is 258 g/mol. The van der Waals surface area contributed by atoms with Gasteiger partial charge >= 0.3 is 5.97 Å². The van der Waals surface area contributed by atoms with E-state index in [1.165, 1.54) is 20.0 Å². The van der Waals surface area contributed by atoms with Crippen LogP contribution in [-0.2, 0) is 21.4 Å². The Bertz CT molecular complexity index is 596. The molecular weight excluding hydrogens is 248 g/mol. The number of aliphatic carboxylic acids is 1. The van der Waals surface area contributed by atoms with Crippen molar-refractivity contribution in [1.29, 1.82) is 5.26 Å². The lowest BCUT2D eigenvalue weighted by atomic mass is 10.4. The van der Waals surface area contributed by atoms with Gasteiger partial charge in [-0.25, -0.2) is 13.1 Å². The maximum absolute atomic E-state index is 11.6. The lowest BCUT2D eigenvalue weighted by Gasteiger charge is -2.02. The molecule has 1 heterocycles. The van der Waals surface area contributed by atoms with Crippen LogP contribution in [0, 0.1) is 25.3 Å². The normalized spacial score (nSPS) is 10.9. The molecule has 9 heteroatoms. The van der Waals surface area contributed by atoms with Crippen molar-refractivity contribution in [2.75, 3.05) is 0 Å². The molecule has 0 atom stereocenters. The van der Waals surface area contributed by atoms with E-state index >= 15 is 0 Å². The van der Waals surface area contributed by atoms with E-state index in [2.05, 4.69) is 5.10 Å². The van der Waals surface area contributed by atoms with Crippen molar-refractivity contribution in [3.05, 3.63) is 11.4 Å². The molecule has 8 nitrogen and oxygen atoms in total. The smallest absolute Gasteiger partial charge is 0.325 e. The molecule has 0 aliphatic rings. The van der Waals surface area contributed by atoms with Crippen LogP contribution in [0.4, 0.5) is 0 Å². The van der Waals surface area contributed by atoms with Gasteiger partial charge in [-0.1, -0.05) is 0 Å². The highest BCUT2D eigenvalue weighted by molar-refractivity contribution is 7.89. The fourth-order valence-electron chi connectivity index (χ4n) is 1.46. The summed E-state index contributed by atoms with van der Waals surface area (Å²) in [5.74, 6) is -1.13. The second-order valence-electron chi connectivity index (χ2n) is 3.27. The van der Waals surface area contributed by atoms with Crippen LogP contribution in [0.15, 0.2) is 4.90 Å². The van der Waals surface area contributed by atoms with Crippen LogP contribution in [0.5, 0.6) is 0 Å². The number of hydrogen-bond acceptors (Lipinski definition) is 5. The lowest BCUT2D eigenvalue weighted by molar-refractivity contribution is -0.137. The highest BCUT2D eigenvalue weighted by Gasteiger charge is 2.24. The van der Waals surface area contributed by atoms with Crippen LogP contribution >= 0.6 is 0 Å². The number of aryl methyl sites for hydroxylation is 1. The number of aromatic nitrogens is 2. The summed E-state index contributed by atoms with van der Waals surface area (Å²) in [6.07, 6.45) is 1.32. The SMILES string of the molecule is Cc1nn(CC(=O)O)c(C)c1S(=O)(=O)NC#N. The molecule has 0 spiro atoms. The molecule has 0 aromatic carbocycles. The minimum absolute atomic E-state index is 0.145. The second kappa shape index (κ2) is 4.42. The molecule has 0 bridgehead atoms. The van der Waals surface area contributed by atoms with Crippen molar-refractivity contribution < 1.29 is 18.3 Å². The summed E-state index contributed by atoms with van der Waals surface area (Å²) in [5.41, 5.74) is 0.319. The van der Waals surface area contributed by atoms with Gasteiger partial charge in [-0.05, 0) is 13.8 Å². The van der Waals surface area contributed by atoms with Gasteiger partial charge in [0.15, 0.2) is 6.19 Å². The van der Waals surface area contributed by atoms with Gasteiger partial charge in [-0.2, -0.15) is 10.4 Å². The molecule has 0 aliphatic heterocycles. The van der Waals surface area contributed by atoms with E-state index in [0.717, 1.165) is 4.68 Å². The molecule has 0 unspecified atom stereocenters. The molecule has 0 amide bonds. The Morgan fingerprint density at radius 1 is 1.59 bits per heavy atom. The van der Waals surface area contributed by atoms with Gasteiger partial charge in [0.1, 0.15) is 11.4 Å². The van der Waals surface area contributed by atoms with Gasteiger partial charge in [0.2, 0.25) is 0 Å². The van der Waals surface area contributed by atoms with Crippen LogP contribution in [0.2, 0.25) is 0 Å². The molecule has 2 N–H and O–H groups in total. The third-order valence-corrected chi connectivity index (χ3v) is 3.54. The fraction of sp³-hybridized carbons (Fsp3) is 0.375.